The van der Waals surface area contributed by atoms with Crippen LogP contribution in [0.15, 0.2) is 42.7 Å². The monoisotopic (exact) mass is 264 g/mol. The van der Waals surface area contributed by atoms with Crippen molar-refractivity contribution in [2.24, 2.45) is 0 Å². The molecule has 3 rings (SSSR count). The summed E-state index contributed by atoms with van der Waals surface area (Å²) >= 11 is 0. The molecule has 0 amide bonds. The number of benzene rings is 1. The quantitative estimate of drug-likeness (QED) is 0.847. The number of anilines is 1. The number of aromatic nitrogens is 1. The van der Waals surface area contributed by atoms with Crippen LogP contribution in [0, 0.1) is 0 Å². The molecule has 2 nitrogen and oxygen atoms in total. The second kappa shape index (κ2) is 4.26. The van der Waals surface area contributed by atoms with E-state index in [0.717, 1.165) is 11.6 Å². The van der Waals surface area contributed by atoms with E-state index in [0.29, 0.717) is 12.0 Å². The number of hydrogen-bond donors (Lipinski definition) is 1. The molecule has 0 bridgehead atoms. The van der Waals surface area contributed by atoms with Crippen molar-refractivity contribution in [3.63, 3.8) is 0 Å². The van der Waals surface area contributed by atoms with E-state index in [4.69, 9.17) is 0 Å². The lowest BCUT2D eigenvalue weighted by Gasteiger charge is -2.14. The molecule has 2 heterocycles. The first-order valence-corrected chi connectivity index (χ1v) is 5.91. The molecule has 98 valence electrons. The first kappa shape index (κ1) is 12.0. The Morgan fingerprint density at radius 1 is 1.16 bits per heavy atom. The van der Waals surface area contributed by atoms with E-state index in [9.17, 15) is 13.2 Å². The average Bonchev–Trinajstić information content (AvgIpc) is 2.82. The Kier molecular flexibility index (Phi) is 2.69. The fraction of sp³-hybridized carbons (Fsp3) is 0.214. The van der Waals surface area contributed by atoms with E-state index >= 15 is 0 Å². The van der Waals surface area contributed by atoms with E-state index in [-0.39, 0.29) is 11.7 Å². The van der Waals surface area contributed by atoms with Crippen molar-refractivity contribution in [3.8, 4) is 0 Å². The Bertz CT molecular complexity index is 593. The predicted octanol–water partition coefficient (Wildman–Crippen LogP) is 3.81. The lowest BCUT2D eigenvalue weighted by atomic mass is 10.0. The molecule has 0 radical (unpaired) electrons. The molecule has 1 aromatic heterocycles. The first-order valence-electron chi connectivity index (χ1n) is 5.91. The van der Waals surface area contributed by atoms with Crippen LogP contribution in [0.2, 0.25) is 0 Å². The Balaban J connectivity index is 1.97. The summed E-state index contributed by atoms with van der Waals surface area (Å²) < 4.78 is 38.8. The summed E-state index contributed by atoms with van der Waals surface area (Å²) in [6.07, 6.45) is -0.462. The van der Waals surface area contributed by atoms with Crippen molar-refractivity contribution >= 4 is 5.69 Å². The Morgan fingerprint density at radius 3 is 2.68 bits per heavy atom. The number of nitrogens with one attached hydrogen (secondary N) is 1. The SMILES string of the molecule is FC(F)(F)c1cccc2c1NC(c1cccnc1)C2. The van der Waals surface area contributed by atoms with Gasteiger partial charge in [-0.05, 0) is 29.7 Å². The van der Waals surface area contributed by atoms with Gasteiger partial charge in [-0.25, -0.2) is 0 Å². The van der Waals surface area contributed by atoms with Crippen molar-refractivity contribution < 1.29 is 13.2 Å². The highest BCUT2D eigenvalue weighted by Crippen LogP contribution is 2.42. The third-order valence-electron chi connectivity index (χ3n) is 3.29. The molecule has 19 heavy (non-hydrogen) atoms. The van der Waals surface area contributed by atoms with Gasteiger partial charge in [0.25, 0.3) is 0 Å². The summed E-state index contributed by atoms with van der Waals surface area (Å²) in [6, 6.07) is 7.79. The second-order valence-corrected chi connectivity index (χ2v) is 4.52. The van der Waals surface area contributed by atoms with E-state index in [1.54, 1.807) is 24.5 Å². The van der Waals surface area contributed by atoms with E-state index in [2.05, 4.69) is 10.3 Å². The van der Waals surface area contributed by atoms with Crippen LogP contribution >= 0.6 is 0 Å². The Labute approximate surface area is 108 Å². The number of halogens is 3. The maximum atomic E-state index is 12.9. The molecule has 1 unspecified atom stereocenters. The van der Waals surface area contributed by atoms with E-state index in [1.807, 2.05) is 6.07 Å². The maximum Gasteiger partial charge on any atom is 0.418 e. The van der Waals surface area contributed by atoms with Crippen molar-refractivity contribution in [1.29, 1.82) is 0 Å². The van der Waals surface area contributed by atoms with Crippen molar-refractivity contribution in [1.82, 2.24) is 4.98 Å². The molecular formula is C14H11F3N2. The molecule has 0 fully saturated rings. The minimum absolute atomic E-state index is 0.146. The third kappa shape index (κ3) is 2.16. The van der Waals surface area contributed by atoms with Gasteiger partial charge in [-0.15, -0.1) is 0 Å². The number of hydrogen-bond acceptors (Lipinski definition) is 2. The lowest BCUT2D eigenvalue weighted by molar-refractivity contribution is -0.136. The van der Waals surface area contributed by atoms with Gasteiger partial charge in [0.2, 0.25) is 0 Å². The van der Waals surface area contributed by atoms with Crippen LogP contribution in [0.1, 0.15) is 22.7 Å². The zero-order chi connectivity index (χ0) is 13.5. The number of para-hydroxylation sites is 1. The summed E-state index contributed by atoms with van der Waals surface area (Å²) in [7, 11) is 0. The van der Waals surface area contributed by atoms with Gasteiger partial charge in [-0.1, -0.05) is 18.2 Å². The predicted molar refractivity (Wildman–Crippen MR) is 65.7 cm³/mol. The van der Waals surface area contributed by atoms with Gasteiger partial charge in [0.1, 0.15) is 0 Å². The molecule has 2 aromatic rings. The maximum absolute atomic E-state index is 12.9. The molecule has 1 aromatic carbocycles. The summed E-state index contributed by atoms with van der Waals surface area (Å²) in [5.74, 6) is 0. The average molecular weight is 264 g/mol. The van der Waals surface area contributed by atoms with Gasteiger partial charge in [-0.2, -0.15) is 13.2 Å². The summed E-state index contributed by atoms with van der Waals surface area (Å²) in [4.78, 5) is 4.00. The highest BCUT2D eigenvalue weighted by atomic mass is 19.4. The van der Waals surface area contributed by atoms with Gasteiger partial charge in [-0.3, -0.25) is 4.98 Å². The van der Waals surface area contributed by atoms with Gasteiger partial charge in [0, 0.05) is 12.4 Å². The largest absolute Gasteiger partial charge is 0.418 e. The Morgan fingerprint density at radius 2 is 2.00 bits per heavy atom. The smallest absolute Gasteiger partial charge is 0.377 e. The van der Waals surface area contributed by atoms with Crippen LogP contribution in [0.3, 0.4) is 0 Å². The topological polar surface area (TPSA) is 24.9 Å². The van der Waals surface area contributed by atoms with Gasteiger partial charge in [0.15, 0.2) is 0 Å². The van der Waals surface area contributed by atoms with Crippen LogP contribution in [-0.4, -0.2) is 4.98 Å². The van der Waals surface area contributed by atoms with Gasteiger partial charge >= 0.3 is 6.18 Å². The fourth-order valence-electron chi connectivity index (χ4n) is 2.41. The molecule has 0 saturated carbocycles. The number of pyridine rings is 1. The molecule has 0 aliphatic carbocycles. The number of rotatable bonds is 1. The van der Waals surface area contributed by atoms with Crippen LogP contribution < -0.4 is 5.32 Å². The summed E-state index contributed by atoms with van der Waals surface area (Å²) in [6.45, 7) is 0. The normalized spacial score (nSPS) is 17.9. The molecule has 5 heteroatoms. The summed E-state index contributed by atoms with van der Waals surface area (Å²) in [5.41, 5.74) is 1.19. The number of fused-ring (bicyclic) bond motifs is 1. The van der Waals surface area contributed by atoms with Crippen LogP contribution in [0.25, 0.3) is 0 Å². The minimum atomic E-state index is -4.33. The van der Waals surface area contributed by atoms with Gasteiger partial charge < -0.3 is 5.32 Å². The highest BCUT2D eigenvalue weighted by Gasteiger charge is 2.37. The molecule has 0 spiro atoms. The van der Waals surface area contributed by atoms with Crippen molar-refractivity contribution in [2.45, 2.75) is 18.6 Å². The minimum Gasteiger partial charge on any atom is -0.377 e. The van der Waals surface area contributed by atoms with Crippen molar-refractivity contribution in [3.05, 3.63) is 59.4 Å². The molecule has 1 N–H and O–H groups in total. The first-order chi connectivity index (χ1) is 9.05. The van der Waals surface area contributed by atoms with Crippen LogP contribution in [0.4, 0.5) is 18.9 Å². The lowest BCUT2D eigenvalue weighted by Crippen LogP contribution is -2.10. The van der Waals surface area contributed by atoms with Crippen LogP contribution in [-0.2, 0) is 12.6 Å². The molecule has 1 atom stereocenters. The Hall–Kier alpha value is -2.04. The van der Waals surface area contributed by atoms with Crippen LogP contribution in [0.5, 0.6) is 0 Å². The molecule has 1 aliphatic heterocycles. The number of nitrogens with zero attached hydrogens (tertiary/aromatic N) is 1. The molecular weight excluding hydrogens is 253 g/mol. The number of alkyl halides is 3. The molecule has 1 aliphatic rings. The van der Waals surface area contributed by atoms with Crippen molar-refractivity contribution in [2.75, 3.05) is 5.32 Å². The van der Waals surface area contributed by atoms with Gasteiger partial charge in [0.05, 0.1) is 17.3 Å². The summed E-state index contributed by atoms with van der Waals surface area (Å²) in [5, 5.41) is 2.97. The zero-order valence-electron chi connectivity index (χ0n) is 9.91. The highest BCUT2D eigenvalue weighted by molar-refractivity contribution is 5.64. The standard InChI is InChI=1S/C14H11F3N2/c15-14(16,17)11-5-1-3-9-7-12(19-13(9)11)10-4-2-6-18-8-10/h1-6,8,12,19H,7H2. The third-order valence-corrected chi connectivity index (χ3v) is 3.29. The van der Waals surface area contributed by atoms with E-state index in [1.165, 1.54) is 6.07 Å². The zero-order valence-corrected chi connectivity index (χ0v) is 9.91. The molecule has 0 saturated heterocycles. The fourth-order valence-corrected chi connectivity index (χ4v) is 2.41. The van der Waals surface area contributed by atoms with E-state index < -0.39 is 11.7 Å². The second-order valence-electron chi connectivity index (χ2n) is 4.52.